The van der Waals surface area contributed by atoms with Crippen molar-refractivity contribution in [3.8, 4) is 0 Å². The van der Waals surface area contributed by atoms with E-state index >= 15 is 0 Å². The summed E-state index contributed by atoms with van der Waals surface area (Å²) in [6.07, 6.45) is 0. The first-order chi connectivity index (χ1) is 8.50. The van der Waals surface area contributed by atoms with Crippen molar-refractivity contribution in [2.75, 3.05) is 13.2 Å². The maximum Gasteiger partial charge on any atom is 0.530 e. The molecule has 0 aliphatic carbocycles. The number of halogens is 1. The number of hydrogen-bond acceptors (Lipinski definition) is 4. The van der Waals surface area contributed by atoms with Crippen LogP contribution in [-0.2, 0) is 18.1 Å². The summed E-state index contributed by atoms with van der Waals surface area (Å²) in [6, 6.07) is 5.46. The Morgan fingerprint density at radius 3 is 2.17 bits per heavy atom. The Kier molecular flexibility index (Phi) is 5.54. The molecule has 18 heavy (non-hydrogen) atoms. The van der Waals surface area contributed by atoms with Crippen LogP contribution in [0.25, 0.3) is 5.76 Å². The van der Waals surface area contributed by atoms with Crippen molar-refractivity contribution in [1.82, 2.24) is 0 Å². The second-order valence-electron chi connectivity index (χ2n) is 3.30. The molecular formula is C12H16FO4P. The zero-order valence-electron chi connectivity index (χ0n) is 10.4. The summed E-state index contributed by atoms with van der Waals surface area (Å²) in [4.78, 5) is 0. The van der Waals surface area contributed by atoms with Gasteiger partial charge in [-0.3, -0.25) is 9.05 Å². The first-order valence-electron chi connectivity index (χ1n) is 5.54. The van der Waals surface area contributed by atoms with E-state index in [2.05, 4.69) is 6.58 Å². The van der Waals surface area contributed by atoms with Crippen molar-refractivity contribution in [1.29, 1.82) is 0 Å². The SMILES string of the molecule is C=C(OP(=O)(OCC)OCC)c1ccc(F)cc1. The van der Waals surface area contributed by atoms with Crippen molar-refractivity contribution >= 4 is 13.6 Å². The Hall–Kier alpha value is -1.16. The normalized spacial score (nSPS) is 11.3. The molecule has 0 unspecified atom stereocenters. The zero-order chi connectivity index (χ0) is 13.6. The predicted octanol–water partition coefficient (Wildman–Crippen LogP) is 3.99. The monoisotopic (exact) mass is 274 g/mol. The highest BCUT2D eigenvalue weighted by Crippen LogP contribution is 2.52. The number of benzene rings is 1. The van der Waals surface area contributed by atoms with Gasteiger partial charge in [0, 0.05) is 5.56 Å². The van der Waals surface area contributed by atoms with Crippen LogP contribution >= 0.6 is 7.82 Å². The highest BCUT2D eigenvalue weighted by Gasteiger charge is 2.28. The van der Waals surface area contributed by atoms with Gasteiger partial charge in [0.2, 0.25) is 0 Å². The molecule has 1 aromatic rings. The lowest BCUT2D eigenvalue weighted by Gasteiger charge is -2.18. The quantitative estimate of drug-likeness (QED) is 0.557. The van der Waals surface area contributed by atoms with E-state index < -0.39 is 7.82 Å². The summed E-state index contributed by atoms with van der Waals surface area (Å²) in [6.45, 7) is 7.36. The summed E-state index contributed by atoms with van der Waals surface area (Å²) < 4.78 is 39.9. The summed E-state index contributed by atoms with van der Waals surface area (Å²) in [5.74, 6) is -0.260. The van der Waals surface area contributed by atoms with Crippen LogP contribution in [0.3, 0.4) is 0 Å². The van der Waals surface area contributed by atoms with Crippen molar-refractivity contribution in [3.63, 3.8) is 0 Å². The van der Waals surface area contributed by atoms with Gasteiger partial charge in [-0.1, -0.05) is 6.58 Å². The molecular weight excluding hydrogens is 258 g/mol. The maximum atomic E-state index is 12.8. The first kappa shape index (κ1) is 14.9. The Morgan fingerprint density at radius 1 is 1.22 bits per heavy atom. The van der Waals surface area contributed by atoms with Gasteiger partial charge in [-0.15, -0.1) is 0 Å². The van der Waals surface area contributed by atoms with E-state index in [1.165, 1.54) is 24.3 Å². The molecule has 0 aromatic heterocycles. The summed E-state index contributed by atoms with van der Waals surface area (Å²) in [5.41, 5.74) is 0.510. The van der Waals surface area contributed by atoms with Crippen LogP contribution < -0.4 is 0 Å². The third-order valence-corrected chi connectivity index (χ3v) is 3.56. The molecule has 0 atom stereocenters. The molecule has 0 bridgehead atoms. The fraction of sp³-hybridized carbons (Fsp3) is 0.333. The lowest BCUT2D eigenvalue weighted by molar-refractivity contribution is 0.159. The number of hydrogen-bond donors (Lipinski definition) is 0. The topological polar surface area (TPSA) is 44.8 Å². The first-order valence-corrected chi connectivity index (χ1v) is 7.00. The van der Waals surface area contributed by atoms with E-state index in [0.717, 1.165) is 0 Å². The van der Waals surface area contributed by atoms with Crippen LogP contribution in [0.2, 0.25) is 0 Å². The van der Waals surface area contributed by atoms with Crippen molar-refractivity contribution in [2.24, 2.45) is 0 Å². The minimum atomic E-state index is -3.65. The molecule has 0 saturated heterocycles. The van der Waals surface area contributed by atoms with Gasteiger partial charge in [-0.2, -0.15) is 0 Å². The van der Waals surface area contributed by atoms with Crippen LogP contribution in [0.4, 0.5) is 4.39 Å². The Labute approximate surface area is 106 Å². The van der Waals surface area contributed by atoms with Crippen LogP contribution in [0.5, 0.6) is 0 Å². The van der Waals surface area contributed by atoms with E-state index in [-0.39, 0.29) is 24.8 Å². The van der Waals surface area contributed by atoms with Gasteiger partial charge in [0.15, 0.2) is 0 Å². The third kappa shape index (κ3) is 4.26. The summed E-state index contributed by atoms with van der Waals surface area (Å²) in [7, 11) is -3.65. The van der Waals surface area contributed by atoms with Crippen molar-refractivity contribution < 1.29 is 22.5 Å². The second kappa shape index (κ2) is 6.69. The third-order valence-electron chi connectivity index (χ3n) is 1.96. The smallest absolute Gasteiger partial charge is 0.404 e. The van der Waals surface area contributed by atoms with Crippen LogP contribution in [0.15, 0.2) is 30.8 Å². The van der Waals surface area contributed by atoms with E-state index in [1.54, 1.807) is 13.8 Å². The number of phosphoric acid groups is 1. The van der Waals surface area contributed by atoms with Gasteiger partial charge < -0.3 is 4.52 Å². The molecule has 6 heteroatoms. The maximum absolute atomic E-state index is 12.8. The van der Waals surface area contributed by atoms with Gasteiger partial charge >= 0.3 is 7.82 Å². The molecule has 100 valence electrons. The lowest BCUT2D eigenvalue weighted by Crippen LogP contribution is -1.99. The minimum Gasteiger partial charge on any atom is -0.404 e. The molecule has 0 saturated carbocycles. The molecule has 4 nitrogen and oxygen atoms in total. The van der Waals surface area contributed by atoms with E-state index in [4.69, 9.17) is 13.6 Å². The highest BCUT2D eigenvalue weighted by molar-refractivity contribution is 7.48. The standard InChI is InChI=1S/C12H16FO4P/c1-4-15-18(14,16-5-2)17-10(3)11-6-8-12(13)9-7-11/h6-9H,3-5H2,1-2H3. The average Bonchev–Trinajstić information content (AvgIpc) is 2.30. The Balaban J connectivity index is 2.78. The Bertz CT molecular complexity index is 434. The fourth-order valence-electron chi connectivity index (χ4n) is 1.23. The minimum absolute atomic E-state index is 0.111. The van der Waals surface area contributed by atoms with Gasteiger partial charge in [0.1, 0.15) is 11.6 Å². The summed E-state index contributed by atoms with van der Waals surface area (Å²) in [5, 5.41) is 0. The molecule has 1 rings (SSSR count). The van der Waals surface area contributed by atoms with E-state index in [1.807, 2.05) is 0 Å². The van der Waals surface area contributed by atoms with Crippen LogP contribution in [-0.4, -0.2) is 13.2 Å². The van der Waals surface area contributed by atoms with Crippen LogP contribution in [0.1, 0.15) is 19.4 Å². The Morgan fingerprint density at radius 2 is 1.72 bits per heavy atom. The molecule has 1 aromatic carbocycles. The molecule has 0 fully saturated rings. The summed E-state index contributed by atoms with van der Waals surface area (Å²) >= 11 is 0. The van der Waals surface area contributed by atoms with E-state index in [0.29, 0.717) is 5.56 Å². The zero-order valence-corrected chi connectivity index (χ0v) is 11.3. The predicted molar refractivity (Wildman–Crippen MR) is 67.4 cm³/mol. The fourth-order valence-corrected chi connectivity index (χ4v) is 2.42. The molecule has 0 heterocycles. The molecule has 0 radical (unpaired) electrons. The molecule has 0 aliphatic heterocycles. The van der Waals surface area contributed by atoms with Crippen LogP contribution in [0, 0.1) is 5.82 Å². The molecule has 0 N–H and O–H groups in total. The van der Waals surface area contributed by atoms with Gasteiger partial charge in [0.05, 0.1) is 13.2 Å². The van der Waals surface area contributed by atoms with Crippen molar-refractivity contribution in [2.45, 2.75) is 13.8 Å². The van der Waals surface area contributed by atoms with Gasteiger partial charge in [-0.05, 0) is 38.1 Å². The van der Waals surface area contributed by atoms with E-state index in [9.17, 15) is 8.96 Å². The number of phosphoric ester groups is 1. The average molecular weight is 274 g/mol. The second-order valence-corrected chi connectivity index (χ2v) is 4.90. The highest BCUT2D eigenvalue weighted by atomic mass is 31.2. The molecule has 0 spiro atoms. The lowest BCUT2D eigenvalue weighted by atomic mass is 10.2. The molecule has 0 amide bonds. The number of rotatable bonds is 7. The molecule has 0 aliphatic rings. The van der Waals surface area contributed by atoms with Gasteiger partial charge in [0.25, 0.3) is 0 Å². The van der Waals surface area contributed by atoms with Gasteiger partial charge in [-0.25, -0.2) is 8.96 Å². The largest absolute Gasteiger partial charge is 0.530 e. The van der Waals surface area contributed by atoms with Crippen molar-refractivity contribution in [3.05, 3.63) is 42.2 Å².